The van der Waals surface area contributed by atoms with Gasteiger partial charge in [0.2, 0.25) is 0 Å². The Morgan fingerprint density at radius 3 is 1.00 bits per heavy atom. The van der Waals surface area contributed by atoms with Gasteiger partial charge in [0.1, 0.15) is 0 Å². The van der Waals surface area contributed by atoms with Gasteiger partial charge in [0.25, 0.3) is 0 Å². The maximum atomic E-state index is 0. The van der Waals surface area contributed by atoms with Crippen LogP contribution >= 0.6 is 0 Å². The molecule has 0 amide bonds. The fourth-order valence-electron chi connectivity index (χ4n) is 0. The summed E-state index contributed by atoms with van der Waals surface area (Å²) in [5.74, 6) is 0. The van der Waals surface area contributed by atoms with Crippen LogP contribution in [0.3, 0.4) is 0 Å². The number of rotatable bonds is 0. The summed E-state index contributed by atoms with van der Waals surface area (Å²) in [6, 6.07) is 0. The summed E-state index contributed by atoms with van der Waals surface area (Å²) >= 11 is 0. The van der Waals surface area contributed by atoms with Crippen LogP contribution in [-0.2, 0) is 17.1 Å². The smallest absolute Gasteiger partial charge is 0.316 e. The van der Waals surface area contributed by atoms with Crippen LogP contribution in [0.4, 0.5) is 0 Å². The molecule has 0 aromatic rings. The second kappa shape index (κ2) is 21.6. The van der Waals surface area contributed by atoms with Gasteiger partial charge in [-0.15, -0.1) is 0 Å². The molecule has 0 unspecified atom stereocenters. The number of hydrogen-bond donors (Lipinski definition) is 1. The van der Waals surface area contributed by atoms with E-state index in [0.29, 0.717) is 0 Å². The van der Waals surface area contributed by atoms with Crippen molar-refractivity contribution in [2.75, 3.05) is 0 Å². The number of hydrogen-bond acceptors (Lipinski definition) is 1. The first-order chi connectivity index (χ1) is 0. The maximum Gasteiger partial charge on any atom is 0.316 e. The van der Waals surface area contributed by atoms with E-state index in [9.17, 15) is 0 Å². The monoisotopic (exact) mass is 136 g/mol. The zero-order chi connectivity index (χ0) is 0. The summed E-state index contributed by atoms with van der Waals surface area (Å²) in [6.07, 6.45) is 0. The Hall–Kier alpha value is 1.78. The van der Waals surface area contributed by atoms with Gasteiger partial charge in [0.05, 0.1) is 0 Å². The first-order valence-electron chi connectivity index (χ1n) is 0. The van der Waals surface area contributed by atoms with Gasteiger partial charge in [-0.1, -0.05) is 0 Å². The molecule has 0 spiro atoms. The van der Waals surface area contributed by atoms with Crippen molar-refractivity contribution in [3.63, 3.8) is 0 Å². The van der Waals surface area contributed by atoms with E-state index < -0.39 is 0 Å². The molecule has 0 saturated carbocycles. The average molecular weight is 137 g/mol. The molecule has 0 aromatic carbocycles. The van der Waals surface area contributed by atoms with E-state index in [0.717, 1.165) is 0 Å². The van der Waals surface area contributed by atoms with Gasteiger partial charge in [-0.05, 0) is 0 Å². The Bertz CT molecular complexity index is 8.00. The molecule has 1 nitrogen and oxygen atoms in total. The Balaban J connectivity index is 0. The molecule has 0 saturated heterocycles. The molecule has 0 fully saturated rings. The Morgan fingerprint density at radius 1 is 1.00 bits per heavy atom. The third-order valence-corrected chi connectivity index (χ3v) is 0. The van der Waals surface area contributed by atoms with Crippen LogP contribution in [0.5, 0.6) is 0 Å². The molecule has 0 heterocycles. The Morgan fingerprint density at radius 2 is 1.00 bits per heavy atom. The fraction of sp³-hybridized carbons (Fsp3) is 0. The molecule has 0 aliphatic heterocycles. The van der Waals surface area contributed by atoms with Crippen molar-refractivity contribution in [2.24, 2.45) is 0 Å². The van der Waals surface area contributed by atoms with Crippen molar-refractivity contribution in [2.45, 2.75) is 0 Å². The maximum absolute atomic E-state index is 0. The van der Waals surface area contributed by atoms with Crippen LogP contribution in [0.2, 0.25) is 0 Å². The van der Waals surface area contributed by atoms with Crippen LogP contribution in [0.25, 0.3) is 0 Å². The predicted octanol–water partition coefficient (Wildman–Crippen LogP) is -1.94. The molecular formula is H8AlCuMgN. The molecule has 3 N–H and O–H groups in total. The van der Waals surface area contributed by atoms with Crippen LogP contribution in [-0.4, -0.2) is 40.4 Å². The molecule has 0 bridgehead atoms. The topological polar surface area (TPSA) is 35.0 Å². The second-order valence-electron chi connectivity index (χ2n) is 0. The quantitative estimate of drug-likeness (QED) is 0.387. The minimum Gasteiger partial charge on any atom is -0.344 e. The van der Waals surface area contributed by atoms with Crippen molar-refractivity contribution < 1.29 is 17.1 Å². The van der Waals surface area contributed by atoms with E-state index in [4.69, 9.17) is 0 Å². The van der Waals surface area contributed by atoms with Gasteiger partial charge in [0, 0.05) is 17.1 Å². The molecule has 0 rings (SSSR count). The summed E-state index contributed by atoms with van der Waals surface area (Å²) in [4.78, 5) is 0. The summed E-state index contributed by atoms with van der Waals surface area (Å²) in [5.41, 5.74) is 0. The SMILES string of the molecule is N.[AlH3].[Cu].[MgH2]. The fourth-order valence-corrected chi connectivity index (χ4v) is 0. The summed E-state index contributed by atoms with van der Waals surface area (Å²) in [5, 5.41) is 0. The van der Waals surface area contributed by atoms with E-state index in [1.54, 1.807) is 0 Å². The first-order valence-corrected chi connectivity index (χ1v) is 0. The third kappa shape index (κ3) is 9.22. The minimum atomic E-state index is 0. The zero-order valence-electron chi connectivity index (χ0n) is 1.01. The third-order valence-electron chi connectivity index (χ3n) is 0. The zero-order valence-corrected chi connectivity index (χ0v) is 1.95. The van der Waals surface area contributed by atoms with Gasteiger partial charge in [-0.3, -0.25) is 0 Å². The van der Waals surface area contributed by atoms with Crippen molar-refractivity contribution in [1.82, 2.24) is 6.15 Å². The predicted molar refractivity (Wildman–Crippen MR) is 23.5 cm³/mol. The molecule has 1 radical (unpaired) electrons. The molecule has 0 aliphatic rings. The van der Waals surface area contributed by atoms with E-state index in [1.807, 2.05) is 0 Å². The molecule has 0 aliphatic carbocycles. The largest absolute Gasteiger partial charge is 0.344 e. The molecule has 29 valence electrons. The summed E-state index contributed by atoms with van der Waals surface area (Å²) in [7, 11) is 0. The molecule has 4 heavy (non-hydrogen) atoms. The van der Waals surface area contributed by atoms with Crippen molar-refractivity contribution in [1.29, 1.82) is 0 Å². The second-order valence-corrected chi connectivity index (χ2v) is 0. The Labute approximate surface area is 63.2 Å². The average Bonchev–Trinajstić information content (AvgIpc) is 0. The van der Waals surface area contributed by atoms with E-state index in [-0.39, 0.29) is 63.6 Å². The van der Waals surface area contributed by atoms with Crippen molar-refractivity contribution in [3.8, 4) is 0 Å². The van der Waals surface area contributed by atoms with Crippen molar-refractivity contribution in [3.05, 3.63) is 0 Å². The van der Waals surface area contributed by atoms with E-state index in [2.05, 4.69) is 0 Å². The van der Waals surface area contributed by atoms with Crippen LogP contribution in [0.15, 0.2) is 0 Å². The van der Waals surface area contributed by atoms with E-state index >= 15 is 0 Å². The first kappa shape index (κ1) is 41.7. The molecule has 0 atom stereocenters. The van der Waals surface area contributed by atoms with Gasteiger partial charge in [-0.25, -0.2) is 0 Å². The van der Waals surface area contributed by atoms with Crippen LogP contribution in [0.1, 0.15) is 0 Å². The van der Waals surface area contributed by atoms with E-state index in [1.165, 1.54) is 0 Å². The van der Waals surface area contributed by atoms with Crippen molar-refractivity contribution >= 4 is 40.4 Å². The molecule has 0 aromatic heterocycles. The summed E-state index contributed by atoms with van der Waals surface area (Å²) in [6.45, 7) is 0. The van der Waals surface area contributed by atoms with Gasteiger partial charge < -0.3 is 6.15 Å². The Kier molecular flexibility index (Phi) is 225. The van der Waals surface area contributed by atoms with Crippen LogP contribution in [0, 0.1) is 0 Å². The van der Waals surface area contributed by atoms with Gasteiger partial charge >= 0.3 is 23.1 Å². The van der Waals surface area contributed by atoms with Gasteiger partial charge in [-0.2, -0.15) is 0 Å². The standard InChI is InChI=1S/Al.Cu.Mg.H3N.5H/h;;;1H3;;;;;. The van der Waals surface area contributed by atoms with Gasteiger partial charge in [0.15, 0.2) is 17.4 Å². The minimum absolute atomic E-state index is 0. The molecule has 4 heteroatoms. The normalized spacial score (nSPS) is 0. The van der Waals surface area contributed by atoms with Crippen LogP contribution < -0.4 is 6.15 Å². The molecular weight excluding hydrogens is 129 g/mol. The summed E-state index contributed by atoms with van der Waals surface area (Å²) < 4.78 is 0.